The Hall–Kier alpha value is -2.89. The van der Waals surface area contributed by atoms with Gasteiger partial charge in [0.15, 0.2) is 6.10 Å². The number of carbonyl (C=O) groups excluding carboxylic acids is 3. The van der Waals surface area contributed by atoms with Crippen LogP contribution in [0.5, 0.6) is 0 Å². The summed E-state index contributed by atoms with van der Waals surface area (Å²) in [6.07, 6.45) is 69.4. The molecule has 0 N–H and O–H groups in total. The molecule has 67 heavy (non-hydrogen) atoms. The van der Waals surface area contributed by atoms with E-state index in [-0.39, 0.29) is 31.1 Å². The summed E-state index contributed by atoms with van der Waals surface area (Å²) >= 11 is 0. The summed E-state index contributed by atoms with van der Waals surface area (Å²) < 4.78 is 16.8. The van der Waals surface area contributed by atoms with Gasteiger partial charge in [-0.15, -0.1) is 0 Å². The van der Waals surface area contributed by atoms with E-state index in [9.17, 15) is 14.4 Å². The molecule has 0 aromatic heterocycles. The van der Waals surface area contributed by atoms with Gasteiger partial charge >= 0.3 is 17.9 Å². The Morgan fingerprint density at radius 1 is 0.313 bits per heavy atom. The van der Waals surface area contributed by atoms with Crippen LogP contribution in [-0.2, 0) is 28.6 Å². The summed E-state index contributed by atoms with van der Waals surface area (Å²) in [4.78, 5) is 38.1. The van der Waals surface area contributed by atoms with Crippen LogP contribution in [0.15, 0.2) is 60.8 Å². The Morgan fingerprint density at radius 3 is 0.955 bits per heavy atom. The molecule has 0 aliphatic rings. The van der Waals surface area contributed by atoms with Gasteiger partial charge in [0.05, 0.1) is 0 Å². The van der Waals surface area contributed by atoms with Gasteiger partial charge in [0, 0.05) is 19.3 Å². The third-order valence-electron chi connectivity index (χ3n) is 12.5. The van der Waals surface area contributed by atoms with Gasteiger partial charge in [0.2, 0.25) is 0 Å². The third-order valence-corrected chi connectivity index (χ3v) is 12.5. The maximum Gasteiger partial charge on any atom is 0.306 e. The first kappa shape index (κ1) is 64.1. The lowest BCUT2D eigenvalue weighted by Gasteiger charge is -2.18. The first-order valence-electron chi connectivity index (χ1n) is 28.8. The highest BCUT2D eigenvalue weighted by atomic mass is 16.6. The fourth-order valence-corrected chi connectivity index (χ4v) is 8.15. The number of carbonyl (C=O) groups is 3. The molecule has 0 aromatic rings. The molecule has 0 heterocycles. The smallest absolute Gasteiger partial charge is 0.306 e. The molecule has 0 bridgehead atoms. The van der Waals surface area contributed by atoms with Crippen LogP contribution in [0.3, 0.4) is 0 Å². The van der Waals surface area contributed by atoms with Crippen LogP contribution in [0.2, 0.25) is 0 Å². The first-order valence-corrected chi connectivity index (χ1v) is 28.8. The lowest BCUT2D eigenvalue weighted by atomic mass is 10.0. The van der Waals surface area contributed by atoms with Crippen LogP contribution in [0.25, 0.3) is 0 Å². The lowest BCUT2D eigenvalue weighted by molar-refractivity contribution is -0.167. The molecule has 0 amide bonds. The molecule has 0 rings (SSSR count). The topological polar surface area (TPSA) is 78.9 Å². The highest BCUT2D eigenvalue weighted by molar-refractivity contribution is 5.71. The highest BCUT2D eigenvalue weighted by Gasteiger charge is 2.19. The van der Waals surface area contributed by atoms with E-state index in [1.54, 1.807) is 0 Å². The zero-order chi connectivity index (χ0) is 48.6. The molecule has 0 aliphatic carbocycles. The Labute approximate surface area is 415 Å². The number of hydrogen-bond donors (Lipinski definition) is 0. The van der Waals surface area contributed by atoms with E-state index in [2.05, 4.69) is 81.5 Å². The summed E-state index contributed by atoms with van der Waals surface area (Å²) in [6.45, 7) is 6.50. The average molecular weight is 938 g/mol. The van der Waals surface area contributed by atoms with Crippen molar-refractivity contribution >= 4 is 17.9 Å². The average Bonchev–Trinajstić information content (AvgIpc) is 3.33. The van der Waals surface area contributed by atoms with Crippen molar-refractivity contribution in [2.75, 3.05) is 13.2 Å². The second kappa shape index (κ2) is 55.7. The monoisotopic (exact) mass is 937 g/mol. The molecule has 0 spiro atoms. The SMILES string of the molecule is CC/C=C\C/C=C\C/C=C\CCCCCC(=O)OC(COC(=O)CCCCCCC/C=C\CCCCCC)COC(=O)CCCCCCCCCCCCC/C=C\CCCCCCCCCC. The van der Waals surface area contributed by atoms with Crippen molar-refractivity contribution in [3.05, 3.63) is 60.8 Å². The third kappa shape index (κ3) is 53.9. The van der Waals surface area contributed by atoms with Crippen molar-refractivity contribution in [2.45, 2.75) is 297 Å². The quantitative estimate of drug-likeness (QED) is 0.0262. The first-order chi connectivity index (χ1) is 33.0. The highest BCUT2D eigenvalue weighted by Crippen LogP contribution is 2.15. The molecule has 1 unspecified atom stereocenters. The fraction of sp³-hybridized carbons (Fsp3) is 0.787. The molecule has 0 radical (unpaired) electrons. The molecule has 6 nitrogen and oxygen atoms in total. The molecule has 0 saturated carbocycles. The van der Waals surface area contributed by atoms with Gasteiger partial charge in [-0.2, -0.15) is 0 Å². The van der Waals surface area contributed by atoms with Gasteiger partial charge < -0.3 is 14.2 Å². The second-order valence-electron chi connectivity index (χ2n) is 19.2. The maximum absolute atomic E-state index is 12.8. The van der Waals surface area contributed by atoms with Crippen molar-refractivity contribution in [3.63, 3.8) is 0 Å². The van der Waals surface area contributed by atoms with Gasteiger partial charge in [-0.1, -0.05) is 229 Å². The van der Waals surface area contributed by atoms with E-state index in [0.29, 0.717) is 19.3 Å². The van der Waals surface area contributed by atoms with E-state index in [1.807, 2.05) is 0 Å². The van der Waals surface area contributed by atoms with Crippen LogP contribution >= 0.6 is 0 Å². The molecule has 6 heteroatoms. The predicted molar refractivity (Wildman–Crippen MR) is 288 cm³/mol. The molecule has 0 aromatic carbocycles. The predicted octanol–water partition coefficient (Wildman–Crippen LogP) is 19.2. The van der Waals surface area contributed by atoms with Crippen molar-refractivity contribution < 1.29 is 28.6 Å². The Balaban J connectivity index is 4.29. The number of hydrogen-bond acceptors (Lipinski definition) is 6. The summed E-state index contributed by atoms with van der Waals surface area (Å²) in [6, 6.07) is 0. The van der Waals surface area contributed by atoms with Crippen LogP contribution in [0.1, 0.15) is 290 Å². The summed E-state index contributed by atoms with van der Waals surface area (Å²) in [7, 11) is 0. The van der Waals surface area contributed by atoms with E-state index >= 15 is 0 Å². The zero-order valence-electron chi connectivity index (χ0n) is 44.4. The minimum absolute atomic E-state index is 0.0881. The Morgan fingerprint density at radius 2 is 0.582 bits per heavy atom. The van der Waals surface area contributed by atoms with Crippen LogP contribution in [0, 0.1) is 0 Å². The Kier molecular flexibility index (Phi) is 53.3. The fourth-order valence-electron chi connectivity index (χ4n) is 8.15. The van der Waals surface area contributed by atoms with Gasteiger partial charge in [-0.25, -0.2) is 0 Å². The maximum atomic E-state index is 12.8. The Bertz CT molecular complexity index is 1210. The molecular formula is C61H108O6. The minimum Gasteiger partial charge on any atom is -0.462 e. The van der Waals surface area contributed by atoms with Gasteiger partial charge in [0.25, 0.3) is 0 Å². The molecule has 0 saturated heterocycles. The minimum atomic E-state index is -0.792. The lowest BCUT2D eigenvalue weighted by Crippen LogP contribution is -2.30. The summed E-state index contributed by atoms with van der Waals surface area (Å²) in [5.74, 6) is -0.919. The standard InChI is InChI=1S/C61H108O6/c1-4-7-10-13-16-19-22-25-26-27-28-29-30-31-32-33-34-37-39-42-45-48-51-54-60(63)66-57-58(67-61(64)55-52-49-46-43-40-36-24-21-18-15-12-9-6-3)56-65-59(62)53-50-47-44-41-38-35-23-20-17-14-11-8-5-2/h9,12,18,20-21,23,27-28,36,40,58H,4-8,10-11,13-17,19,22,24-26,29-35,37-39,41-57H2,1-3H3/b12-9-,21-18-,23-20-,28-27-,40-36-. The summed E-state index contributed by atoms with van der Waals surface area (Å²) in [5.41, 5.74) is 0. The van der Waals surface area contributed by atoms with Crippen molar-refractivity contribution in [3.8, 4) is 0 Å². The van der Waals surface area contributed by atoms with Crippen molar-refractivity contribution in [1.29, 1.82) is 0 Å². The normalized spacial score (nSPS) is 12.5. The number of ether oxygens (including phenoxy) is 3. The van der Waals surface area contributed by atoms with Gasteiger partial charge in [-0.05, 0) is 103 Å². The number of esters is 3. The number of rotatable bonds is 52. The largest absolute Gasteiger partial charge is 0.462 e. The van der Waals surface area contributed by atoms with Crippen LogP contribution < -0.4 is 0 Å². The molecule has 0 aliphatic heterocycles. The second-order valence-corrected chi connectivity index (χ2v) is 19.2. The molecule has 0 fully saturated rings. The number of unbranched alkanes of at least 4 members (excludes halogenated alkanes) is 31. The van der Waals surface area contributed by atoms with Crippen LogP contribution in [-0.4, -0.2) is 37.2 Å². The summed E-state index contributed by atoms with van der Waals surface area (Å²) in [5, 5.41) is 0. The molecule has 388 valence electrons. The van der Waals surface area contributed by atoms with E-state index < -0.39 is 6.10 Å². The van der Waals surface area contributed by atoms with E-state index in [0.717, 1.165) is 89.9 Å². The molecule has 1 atom stereocenters. The van der Waals surface area contributed by atoms with Gasteiger partial charge in [0.1, 0.15) is 13.2 Å². The number of allylic oxidation sites excluding steroid dienone is 10. The molecular weight excluding hydrogens is 829 g/mol. The van der Waals surface area contributed by atoms with Crippen molar-refractivity contribution in [2.24, 2.45) is 0 Å². The van der Waals surface area contributed by atoms with E-state index in [4.69, 9.17) is 14.2 Å². The van der Waals surface area contributed by atoms with Crippen LogP contribution in [0.4, 0.5) is 0 Å². The van der Waals surface area contributed by atoms with Gasteiger partial charge in [-0.3, -0.25) is 14.4 Å². The van der Waals surface area contributed by atoms with E-state index in [1.165, 1.54) is 161 Å². The van der Waals surface area contributed by atoms with Crippen molar-refractivity contribution in [1.82, 2.24) is 0 Å². The zero-order valence-corrected chi connectivity index (χ0v) is 44.4.